The molecule has 0 aliphatic rings. The third-order valence-corrected chi connectivity index (χ3v) is 2.92. The van der Waals surface area contributed by atoms with Gasteiger partial charge in [0.25, 0.3) is 0 Å². The molecule has 1 amide bonds. The van der Waals surface area contributed by atoms with Crippen LogP contribution in [-0.2, 0) is 4.79 Å². The molecular weight excluding hydrogens is 255 g/mol. The Morgan fingerprint density at radius 3 is 2.61 bits per heavy atom. The second-order valence-corrected chi connectivity index (χ2v) is 4.09. The molecule has 0 fully saturated rings. The van der Waals surface area contributed by atoms with Crippen LogP contribution in [0, 0.1) is 5.82 Å². The third kappa shape index (κ3) is 4.27. The number of carbonyl (C=O) groups is 1. The van der Waals surface area contributed by atoms with E-state index < -0.39 is 0 Å². The molecule has 0 bridgehead atoms. The molecule has 0 saturated heterocycles. The molecule has 0 radical (unpaired) electrons. The van der Waals surface area contributed by atoms with E-state index in [1.165, 1.54) is 6.07 Å². The summed E-state index contributed by atoms with van der Waals surface area (Å²) >= 11 is 0. The standard InChI is InChI=1S/C13H19FN2O.ClH/c1-10(11-6-3-4-7-12(11)14)16(2)13(17)8-5-9-15;/h3-4,6-7,10H,5,8-9,15H2,1-2H3;1H. The van der Waals surface area contributed by atoms with Crippen LogP contribution in [0.1, 0.15) is 31.4 Å². The molecule has 0 saturated carbocycles. The number of halogens is 2. The minimum atomic E-state index is -0.279. The molecule has 0 aliphatic heterocycles. The highest BCUT2D eigenvalue weighted by molar-refractivity contribution is 5.85. The van der Waals surface area contributed by atoms with E-state index in [0.717, 1.165) is 0 Å². The van der Waals surface area contributed by atoms with Crippen molar-refractivity contribution in [1.82, 2.24) is 4.90 Å². The predicted octanol–water partition coefficient (Wildman–Crippen LogP) is 2.51. The van der Waals surface area contributed by atoms with E-state index in [1.807, 2.05) is 6.92 Å². The van der Waals surface area contributed by atoms with Crippen molar-refractivity contribution in [2.45, 2.75) is 25.8 Å². The predicted molar refractivity (Wildman–Crippen MR) is 73.1 cm³/mol. The minimum Gasteiger partial charge on any atom is -0.339 e. The molecule has 0 spiro atoms. The van der Waals surface area contributed by atoms with E-state index in [0.29, 0.717) is 24.9 Å². The Balaban J connectivity index is 0.00000289. The van der Waals surface area contributed by atoms with Gasteiger partial charge in [0.1, 0.15) is 5.82 Å². The summed E-state index contributed by atoms with van der Waals surface area (Å²) in [5.41, 5.74) is 5.90. The fourth-order valence-corrected chi connectivity index (χ4v) is 1.67. The van der Waals surface area contributed by atoms with Gasteiger partial charge in [0, 0.05) is 19.0 Å². The van der Waals surface area contributed by atoms with Gasteiger partial charge in [-0.05, 0) is 26.0 Å². The maximum Gasteiger partial charge on any atom is 0.222 e. The van der Waals surface area contributed by atoms with E-state index in [1.54, 1.807) is 30.1 Å². The van der Waals surface area contributed by atoms with Gasteiger partial charge in [-0.3, -0.25) is 4.79 Å². The highest BCUT2D eigenvalue weighted by atomic mass is 35.5. The van der Waals surface area contributed by atoms with Crippen LogP contribution in [0.25, 0.3) is 0 Å². The van der Waals surface area contributed by atoms with Crippen molar-refractivity contribution >= 4 is 18.3 Å². The zero-order chi connectivity index (χ0) is 12.8. The van der Waals surface area contributed by atoms with Crippen LogP contribution in [0.15, 0.2) is 24.3 Å². The lowest BCUT2D eigenvalue weighted by Crippen LogP contribution is -2.30. The van der Waals surface area contributed by atoms with E-state index in [-0.39, 0.29) is 30.2 Å². The largest absolute Gasteiger partial charge is 0.339 e. The molecule has 1 unspecified atom stereocenters. The molecule has 0 aromatic heterocycles. The molecule has 5 heteroatoms. The topological polar surface area (TPSA) is 46.3 Å². The van der Waals surface area contributed by atoms with Crippen molar-refractivity contribution in [1.29, 1.82) is 0 Å². The second kappa shape index (κ2) is 8.06. The molecule has 1 rings (SSSR count). The molecule has 102 valence electrons. The Hall–Kier alpha value is -1.13. The smallest absolute Gasteiger partial charge is 0.222 e. The second-order valence-electron chi connectivity index (χ2n) is 4.09. The maximum atomic E-state index is 13.6. The van der Waals surface area contributed by atoms with Crippen LogP contribution >= 0.6 is 12.4 Å². The zero-order valence-electron chi connectivity index (χ0n) is 10.7. The lowest BCUT2D eigenvalue weighted by atomic mass is 10.1. The Bertz CT molecular complexity index is 387. The maximum absolute atomic E-state index is 13.6. The van der Waals surface area contributed by atoms with Gasteiger partial charge in [0.2, 0.25) is 5.91 Å². The van der Waals surface area contributed by atoms with Crippen molar-refractivity contribution in [3.63, 3.8) is 0 Å². The highest BCUT2D eigenvalue weighted by Crippen LogP contribution is 2.22. The summed E-state index contributed by atoms with van der Waals surface area (Å²) in [5.74, 6) is -0.287. The summed E-state index contributed by atoms with van der Waals surface area (Å²) in [6.07, 6.45) is 1.07. The molecule has 1 atom stereocenters. The quantitative estimate of drug-likeness (QED) is 0.897. The summed E-state index contributed by atoms with van der Waals surface area (Å²) in [6.45, 7) is 2.31. The van der Waals surface area contributed by atoms with Gasteiger partial charge >= 0.3 is 0 Å². The summed E-state index contributed by atoms with van der Waals surface area (Å²) in [5, 5.41) is 0. The molecular formula is C13H20ClFN2O. The Morgan fingerprint density at radius 2 is 2.06 bits per heavy atom. The molecule has 1 aromatic carbocycles. The summed E-state index contributed by atoms with van der Waals surface area (Å²) in [4.78, 5) is 13.3. The average molecular weight is 275 g/mol. The van der Waals surface area contributed by atoms with Crippen molar-refractivity contribution in [3.8, 4) is 0 Å². The van der Waals surface area contributed by atoms with Gasteiger partial charge in [-0.2, -0.15) is 0 Å². The number of benzene rings is 1. The summed E-state index contributed by atoms with van der Waals surface area (Å²) in [6, 6.07) is 6.26. The summed E-state index contributed by atoms with van der Waals surface area (Å²) < 4.78 is 13.6. The number of rotatable bonds is 5. The van der Waals surface area contributed by atoms with Crippen LogP contribution < -0.4 is 5.73 Å². The minimum absolute atomic E-state index is 0. The lowest BCUT2D eigenvalue weighted by molar-refractivity contribution is -0.131. The monoisotopic (exact) mass is 274 g/mol. The van der Waals surface area contributed by atoms with Crippen molar-refractivity contribution in [2.24, 2.45) is 5.73 Å². The van der Waals surface area contributed by atoms with Gasteiger partial charge in [-0.1, -0.05) is 18.2 Å². The summed E-state index contributed by atoms with van der Waals surface area (Å²) in [7, 11) is 1.69. The Kier molecular flexibility index (Phi) is 7.55. The highest BCUT2D eigenvalue weighted by Gasteiger charge is 2.19. The molecule has 3 nitrogen and oxygen atoms in total. The fourth-order valence-electron chi connectivity index (χ4n) is 1.67. The number of carbonyl (C=O) groups excluding carboxylic acids is 1. The van der Waals surface area contributed by atoms with Crippen molar-refractivity contribution < 1.29 is 9.18 Å². The first-order valence-electron chi connectivity index (χ1n) is 5.78. The lowest BCUT2D eigenvalue weighted by Gasteiger charge is -2.25. The van der Waals surface area contributed by atoms with Gasteiger partial charge in [-0.15, -0.1) is 12.4 Å². The van der Waals surface area contributed by atoms with Crippen LogP contribution in [0.3, 0.4) is 0 Å². The molecule has 1 aromatic rings. The first-order valence-corrected chi connectivity index (χ1v) is 5.78. The van der Waals surface area contributed by atoms with E-state index in [4.69, 9.17) is 5.73 Å². The Labute approximate surface area is 114 Å². The van der Waals surface area contributed by atoms with Crippen molar-refractivity contribution in [3.05, 3.63) is 35.6 Å². The van der Waals surface area contributed by atoms with Gasteiger partial charge in [0.15, 0.2) is 0 Å². The molecule has 0 heterocycles. The normalized spacial score (nSPS) is 11.6. The Morgan fingerprint density at radius 1 is 1.44 bits per heavy atom. The number of nitrogens with zero attached hydrogens (tertiary/aromatic N) is 1. The van der Waals surface area contributed by atoms with Gasteiger partial charge < -0.3 is 10.6 Å². The molecule has 0 aliphatic carbocycles. The van der Waals surface area contributed by atoms with Crippen molar-refractivity contribution in [2.75, 3.05) is 13.6 Å². The molecule has 2 N–H and O–H groups in total. The average Bonchev–Trinajstić information content (AvgIpc) is 2.34. The van der Waals surface area contributed by atoms with Crippen LogP contribution in [-0.4, -0.2) is 24.4 Å². The van der Waals surface area contributed by atoms with Crippen LogP contribution in [0.5, 0.6) is 0 Å². The number of hydrogen-bond acceptors (Lipinski definition) is 2. The van der Waals surface area contributed by atoms with Gasteiger partial charge in [0.05, 0.1) is 6.04 Å². The van der Waals surface area contributed by atoms with E-state index in [2.05, 4.69) is 0 Å². The number of hydrogen-bond donors (Lipinski definition) is 1. The van der Waals surface area contributed by atoms with Crippen LogP contribution in [0.4, 0.5) is 4.39 Å². The third-order valence-electron chi connectivity index (χ3n) is 2.92. The van der Waals surface area contributed by atoms with Gasteiger partial charge in [-0.25, -0.2) is 4.39 Å². The van der Waals surface area contributed by atoms with E-state index >= 15 is 0 Å². The number of nitrogens with two attached hydrogens (primary N) is 1. The first-order chi connectivity index (χ1) is 8.07. The fraction of sp³-hybridized carbons (Fsp3) is 0.462. The molecule has 18 heavy (non-hydrogen) atoms. The number of amides is 1. The SMILES string of the molecule is CC(c1ccccc1F)N(C)C(=O)CCCN.Cl. The van der Waals surface area contributed by atoms with Crippen LogP contribution in [0.2, 0.25) is 0 Å². The van der Waals surface area contributed by atoms with E-state index in [9.17, 15) is 9.18 Å². The zero-order valence-corrected chi connectivity index (χ0v) is 11.5. The first kappa shape index (κ1) is 16.9.